The van der Waals surface area contributed by atoms with Crippen LogP contribution in [0, 0.1) is 11.6 Å². The van der Waals surface area contributed by atoms with Gasteiger partial charge in [0.05, 0.1) is 12.6 Å². The van der Waals surface area contributed by atoms with Crippen molar-refractivity contribution in [2.24, 2.45) is 4.99 Å². The summed E-state index contributed by atoms with van der Waals surface area (Å²) in [7, 11) is 0. The molecule has 0 spiro atoms. The quantitative estimate of drug-likeness (QED) is 0.438. The summed E-state index contributed by atoms with van der Waals surface area (Å²) >= 11 is 0. The van der Waals surface area contributed by atoms with Gasteiger partial charge in [0.15, 0.2) is 5.96 Å². The van der Waals surface area contributed by atoms with Crippen molar-refractivity contribution in [1.29, 1.82) is 0 Å². The third kappa shape index (κ3) is 5.85. The Morgan fingerprint density at radius 1 is 1.17 bits per heavy atom. The Morgan fingerprint density at radius 2 is 1.97 bits per heavy atom. The number of guanidine groups is 1. The molecular weight excluding hydrogens is 386 g/mol. The van der Waals surface area contributed by atoms with Crippen molar-refractivity contribution in [3.05, 3.63) is 83.4 Å². The van der Waals surface area contributed by atoms with Gasteiger partial charge >= 0.3 is 0 Å². The van der Waals surface area contributed by atoms with E-state index in [2.05, 4.69) is 25.8 Å². The molecule has 3 rings (SSSR count). The molecule has 1 heterocycles. The zero-order chi connectivity index (χ0) is 21.3. The second-order valence-corrected chi connectivity index (χ2v) is 6.90. The van der Waals surface area contributed by atoms with Gasteiger partial charge in [-0.3, -0.25) is 0 Å². The number of nitrogens with zero attached hydrogens (tertiary/aromatic N) is 4. The van der Waals surface area contributed by atoms with E-state index < -0.39 is 17.7 Å². The van der Waals surface area contributed by atoms with Crippen LogP contribution in [0.3, 0.4) is 0 Å². The smallest absolute Gasteiger partial charge is 0.192 e. The number of aryl methyl sites for hydroxylation is 1. The maximum atomic E-state index is 14.2. The van der Waals surface area contributed by atoms with Gasteiger partial charge in [-0.1, -0.05) is 43.3 Å². The molecule has 0 aliphatic rings. The van der Waals surface area contributed by atoms with E-state index in [1.54, 1.807) is 6.33 Å². The summed E-state index contributed by atoms with van der Waals surface area (Å²) in [5.41, 5.74) is 1.43. The number of halogens is 2. The number of hydrogen-bond acceptors (Lipinski definition) is 3. The van der Waals surface area contributed by atoms with Crippen molar-refractivity contribution < 1.29 is 8.78 Å². The van der Waals surface area contributed by atoms with Crippen LogP contribution in [0.4, 0.5) is 8.78 Å². The van der Waals surface area contributed by atoms with Crippen molar-refractivity contribution in [3.8, 4) is 0 Å². The van der Waals surface area contributed by atoms with Gasteiger partial charge in [0.1, 0.15) is 23.8 Å². The number of aromatic nitrogens is 3. The maximum absolute atomic E-state index is 14.2. The summed E-state index contributed by atoms with van der Waals surface area (Å²) in [6.45, 7) is 5.57. The Bertz CT molecular complexity index is 971. The van der Waals surface area contributed by atoms with E-state index in [0.717, 1.165) is 23.9 Å². The maximum Gasteiger partial charge on any atom is 0.192 e. The lowest BCUT2D eigenvalue weighted by Crippen LogP contribution is -2.40. The van der Waals surface area contributed by atoms with E-state index >= 15 is 0 Å². The molecule has 1 aromatic heterocycles. The average molecular weight is 412 g/mol. The molecule has 30 heavy (non-hydrogen) atoms. The van der Waals surface area contributed by atoms with Crippen molar-refractivity contribution in [2.45, 2.75) is 39.4 Å². The summed E-state index contributed by atoms with van der Waals surface area (Å²) in [5.74, 6) is 0.269. The lowest BCUT2D eigenvalue weighted by atomic mass is 10.1. The van der Waals surface area contributed by atoms with E-state index in [0.29, 0.717) is 31.2 Å². The van der Waals surface area contributed by atoms with Crippen LogP contribution in [0.1, 0.15) is 36.8 Å². The highest BCUT2D eigenvalue weighted by atomic mass is 19.1. The lowest BCUT2D eigenvalue weighted by Gasteiger charge is -2.19. The molecule has 0 aliphatic carbocycles. The number of benzene rings is 2. The van der Waals surface area contributed by atoms with E-state index in [1.807, 2.05) is 48.7 Å². The molecule has 1 atom stereocenters. The molecule has 1 unspecified atom stereocenters. The second-order valence-electron chi connectivity index (χ2n) is 6.90. The molecule has 2 N–H and O–H groups in total. The molecule has 3 aromatic rings. The summed E-state index contributed by atoms with van der Waals surface area (Å²) in [5, 5.41) is 14.5. The van der Waals surface area contributed by atoms with Gasteiger partial charge in [-0.05, 0) is 18.6 Å². The molecule has 0 amide bonds. The van der Waals surface area contributed by atoms with E-state index in [4.69, 9.17) is 0 Å². The minimum Gasteiger partial charge on any atom is -0.355 e. The summed E-state index contributed by atoms with van der Waals surface area (Å²) in [4.78, 5) is 4.63. The minimum absolute atomic E-state index is 0.373. The van der Waals surface area contributed by atoms with Crippen molar-refractivity contribution >= 4 is 5.96 Å². The summed E-state index contributed by atoms with van der Waals surface area (Å²) in [6.07, 6.45) is 2.50. The topological polar surface area (TPSA) is 67.1 Å². The Morgan fingerprint density at radius 3 is 2.70 bits per heavy atom. The fourth-order valence-corrected chi connectivity index (χ4v) is 3.08. The Labute approximate surface area is 175 Å². The first-order chi connectivity index (χ1) is 14.6. The highest BCUT2D eigenvalue weighted by molar-refractivity contribution is 5.80. The highest BCUT2D eigenvalue weighted by Crippen LogP contribution is 2.17. The highest BCUT2D eigenvalue weighted by Gasteiger charge is 2.13. The van der Waals surface area contributed by atoms with Gasteiger partial charge in [-0.25, -0.2) is 13.8 Å². The van der Waals surface area contributed by atoms with Gasteiger partial charge < -0.3 is 15.2 Å². The number of hydrogen-bond donors (Lipinski definition) is 2. The van der Waals surface area contributed by atoms with Crippen LogP contribution in [-0.2, 0) is 19.5 Å². The first kappa shape index (κ1) is 21.4. The monoisotopic (exact) mass is 412 g/mol. The van der Waals surface area contributed by atoms with Crippen molar-refractivity contribution in [1.82, 2.24) is 25.4 Å². The van der Waals surface area contributed by atoms with Crippen LogP contribution in [-0.4, -0.2) is 27.3 Å². The molecule has 0 radical (unpaired) electrons. The van der Waals surface area contributed by atoms with Crippen molar-refractivity contribution in [3.63, 3.8) is 0 Å². The number of nitrogens with one attached hydrogen (secondary N) is 2. The van der Waals surface area contributed by atoms with Gasteiger partial charge in [0.25, 0.3) is 0 Å². The molecule has 158 valence electrons. The van der Waals surface area contributed by atoms with E-state index in [1.165, 1.54) is 12.1 Å². The van der Waals surface area contributed by atoms with Crippen LogP contribution in [0.25, 0.3) is 0 Å². The van der Waals surface area contributed by atoms with Crippen LogP contribution in [0.2, 0.25) is 0 Å². The van der Waals surface area contributed by atoms with Crippen LogP contribution in [0.15, 0.2) is 59.9 Å². The summed E-state index contributed by atoms with van der Waals surface area (Å²) < 4.78 is 29.4. The van der Waals surface area contributed by atoms with E-state index in [-0.39, 0.29) is 0 Å². The molecule has 0 aliphatic heterocycles. The van der Waals surface area contributed by atoms with Gasteiger partial charge in [0.2, 0.25) is 0 Å². The molecule has 2 aromatic carbocycles. The molecule has 8 heteroatoms. The SMILES string of the molecule is CCc1nncn1CCNC(=NCc1ccccc1)NC(C)c1ccc(F)cc1F. The van der Waals surface area contributed by atoms with Gasteiger partial charge in [-0.2, -0.15) is 0 Å². The standard InChI is InChI=1S/C22H26F2N6/c1-3-21-29-27-15-30(21)12-11-25-22(26-14-17-7-5-4-6-8-17)28-16(2)19-10-9-18(23)13-20(19)24/h4-10,13,15-16H,3,11-12,14H2,1-2H3,(H2,25,26,28). The van der Waals surface area contributed by atoms with Crippen LogP contribution < -0.4 is 10.6 Å². The second kappa shape index (κ2) is 10.5. The Kier molecular flexibility index (Phi) is 7.48. The average Bonchev–Trinajstić information content (AvgIpc) is 3.20. The third-order valence-electron chi connectivity index (χ3n) is 4.70. The Hall–Kier alpha value is -3.29. The first-order valence-electron chi connectivity index (χ1n) is 9.97. The molecule has 0 fully saturated rings. The molecule has 6 nitrogen and oxygen atoms in total. The molecule has 0 saturated carbocycles. The molecule has 0 bridgehead atoms. The minimum atomic E-state index is -0.597. The third-order valence-corrected chi connectivity index (χ3v) is 4.70. The normalized spacial score (nSPS) is 12.6. The largest absolute Gasteiger partial charge is 0.355 e. The predicted molar refractivity (Wildman–Crippen MR) is 113 cm³/mol. The number of aliphatic imine (C=N–C) groups is 1. The van der Waals surface area contributed by atoms with Gasteiger partial charge in [0, 0.05) is 31.1 Å². The predicted octanol–water partition coefficient (Wildman–Crippen LogP) is 3.62. The fraction of sp³-hybridized carbons (Fsp3) is 0.318. The summed E-state index contributed by atoms with van der Waals surface area (Å²) in [6, 6.07) is 13.1. The van der Waals surface area contributed by atoms with Gasteiger partial charge in [-0.15, -0.1) is 10.2 Å². The first-order valence-corrected chi connectivity index (χ1v) is 9.97. The van der Waals surface area contributed by atoms with E-state index in [9.17, 15) is 8.78 Å². The zero-order valence-electron chi connectivity index (χ0n) is 17.1. The Balaban J connectivity index is 1.69. The molecular formula is C22H26F2N6. The fourth-order valence-electron chi connectivity index (χ4n) is 3.08. The zero-order valence-corrected chi connectivity index (χ0v) is 17.1. The number of rotatable bonds is 8. The lowest BCUT2D eigenvalue weighted by molar-refractivity contribution is 0.549. The van der Waals surface area contributed by atoms with Crippen LogP contribution in [0.5, 0.6) is 0 Å². The molecule has 0 saturated heterocycles. The van der Waals surface area contributed by atoms with Crippen LogP contribution >= 0.6 is 0 Å². The van der Waals surface area contributed by atoms with Crippen molar-refractivity contribution in [2.75, 3.05) is 6.54 Å².